The van der Waals surface area contributed by atoms with Gasteiger partial charge in [0.15, 0.2) is 0 Å². The Hall–Kier alpha value is -1.93. The SMILES string of the molecule is CC(C)NC(CSc1nnnn1-c1ccccc1)C(N)=O. The van der Waals surface area contributed by atoms with Gasteiger partial charge in [0.05, 0.1) is 11.7 Å². The average Bonchev–Trinajstić information content (AvgIpc) is 2.92. The number of nitrogens with two attached hydrogens (primary N) is 1. The van der Waals surface area contributed by atoms with E-state index in [1.165, 1.54) is 11.8 Å². The molecule has 0 bridgehead atoms. The van der Waals surface area contributed by atoms with Crippen LogP contribution in [0.5, 0.6) is 0 Å². The van der Waals surface area contributed by atoms with Crippen molar-refractivity contribution in [2.45, 2.75) is 31.1 Å². The zero-order chi connectivity index (χ0) is 15.2. The van der Waals surface area contributed by atoms with Crippen LogP contribution < -0.4 is 11.1 Å². The largest absolute Gasteiger partial charge is 0.368 e. The van der Waals surface area contributed by atoms with Crippen molar-refractivity contribution in [1.29, 1.82) is 0 Å². The number of thioether (sulfide) groups is 1. The standard InChI is InChI=1S/C13H18N6OS/c1-9(2)15-11(12(14)20)8-21-13-16-17-18-19(13)10-6-4-3-5-7-10/h3-7,9,11,15H,8H2,1-2H3,(H2,14,20). The van der Waals surface area contributed by atoms with Crippen molar-refractivity contribution in [2.75, 3.05) is 5.75 Å². The van der Waals surface area contributed by atoms with Crippen LogP contribution in [0.3, 0.4) is 0 Å². The van der Waals surface area contributed by atoms with E-state index in [4.69, 9.17) is 5.73 Å². The van der Waals surface area contributed by atoms with Gasteiger partial charge in [-0.05, 0) is 22.6 Å². The van der Waals surface area contributed by atoms with E-state index in [-0.39, 0.29) is 11.9 Å². The number of hydrogen-bond acceptors (Lipinski definition) is 6. The Morgan fingerprint density at radius 2 is 2.10 bits per heavy atom. The number of amides is 1. The summed E-state index contributed by atoms with van der Waals surface area (Å²) in [6.45, 7) is 3.93. The second-order valence-corrected chi connectivity index (χ2v) is 5.78. The molecule has 0 saturated carbocycles. The van der Waals surface area contributed by atoms with Crippen LogP contribution in [0.25, 0.3) is 5.69 Å². The van der Waals surface area contributed by atoms with E-state index in [0.29, 0.717) is 10.9 Å². The molecule has 0 aliphatic heterocycles. The highest BCUT2D eigenvalue weighted by atomic mass is 32.2. The van der Waals surface area contributed by atoms with Gasteiger partial charge in [-0.25, -0.2) is 0 Å². The molecule has 7 nitrogen and oxygen atoms in total. The van der Waals surface area contributed by atoms with Crippen molar-refractivity contribution >= 4 is 17.7 Å². The number of nitrogens with one attached hydrogen (secondary N) is 1. The minimum Gasteiger partial charge on any atom is -0.368 e. The minimum atomic E-state index is -0.420. The fourth-order valence-electron chi connectivity index (χ4n) is 1.77. The third-order valence-electron chi connectivity index (χ3n) is 2.70. The molecule has 0 aliphatic carbocycles. The smallest absolute Gasteiger partial charge is 0.235 e. The molecule has 2 aromatic rings. The molecule has 1 unspecified atom stereocenters. The number of para-hydroxylation sites is 1. The Labute approximate surface area is 127 Å². The maximum absolute atomic E-state index is 11.4. The van der Waals surface area contributed by atoms with Crippen LogP contribution in [-0.2, 0) is 4.79 Å². The van der Waals surface area contributed by atoms with Crippen LogP contribution in [0.2, 0.25) is 0 Å². The molecule has 3 N–H and O–H groups in total. The van der Waals surface area contributed by atoms with Crippen molar-refractivity contribution in [3.05, 3.63) is 30.3 Å². The van der Waals surface area contributed by atoms with Gasteiger partial charge < -0.3 is 11.1 Å². The maximum atomic E-state index is 11.4. The summed E-state index contributed by atoms with van der Waals surface area (Å²) in [4.78, 5) is 11.4. The van der Waals surface area contributed by atoms with Crippen molar-refractivity contribution in [3.63, 3.8) is 0 Å². The van der Waals surface area contributed by atoms with Crippen LogP contribution in [0.1, 0.15) is 13.8 Å². The van der Waals surface area contributed by atoms with Gasteiger partial charge in [-0.15, -0.1) is 5.10 Å². The second-order valence-electron chi connectivity index (χ2n) is 4.80. The first-order chi connectivity index (χ1) is 10.1. The zero-order valence-electron chi connectivity index (χ0n) is 11.9. The molecule has 1 aromatic heterocycles. The van der Waals surface area contributed by atoms with Gasteiger partial charge in [-0.2, -0.15) is 4.68 Å². The Morgan fingerprint density at radius 1 is 1.38 bits per heavy atom. The molecular formula is C13H18N6OS. The first-order valence-electron chi connectivity index (χ1n) is 6.60. The van der Waals surface area contributed by atoms with Gasteiger partial charge in [0.2, 0.25) is 11.1 Å². The highest BCUT2D eigenvalue weighted by Gasteiger charge is 2.18. The van der Waals surface area contributed by atoms with E-state index in [1.807, 2.05) is 44.2 Å². The number of nitrogens with zero attached hydrogens (tertiary/aromatic N) is 4. The predicted molar refractivity (Wildman–Crippen MR) is 81.1 cm³/mol. The summed E-state index contributed by atoms with van der Waals surface area (Å²) in [7, 11) is 0. The molecule has 0 fully saturated rings. The van der Waals surface area contributed by atoms with Gasteiger partial charge in [-0.1, -0.05) is 43.8 Å². The van der Waals surface area contributed by atoms with E-state index in [0.717, 1.165) is 5.69 Å². The first-order valence-corrected chi connectivity index (χ1v) is 7.58. The molecule has 0 saturated heterocycles. The summed E-state index contributed by atoms with van der Waals surface area (Å²) in [5.41, 5.74) is 6.27. The van der Waals surface area contributed by atoms with E-state index in [2.05, 4.69) is 20.8 Å². The fourth-order valence-corrected chi connectivity index (χ4v) is 2.71. The van der Waals surface area contributed by atoms with Crippen LogP contribution in [0.4, 0.5) is 0 Å². The average molecular weight is 306 g/mol. The van der Waals surface area contributed by atoms with Crippen LogP contribution in [0, 0.1) is 0 Å². The van der Waals surface area contributed by atoms with E-state index >= 15 is 0 Å². The number of hydrogen-bond donors (Lipinski definition) is 2. The topological polar surface area (TPSA) is 98.7 Å². The maximum Gasteiger partial charge on any atom is 0.235 e. The Kier molecular flexibility index (Phi) is 5.29. The molecule has 8 heteroatoms. The number of rotatable bonds is 7. The summed E-state index contributed by atoms with van der Waals surface area (Å²) in [6.07, 6.45) is 0. The number of carbonyl (C=O) groups is 1. The summed E-state index contributed by atoms with van der Waals surface area (Å²) < 4.78 is 1.64. The molecule has 1 aromatic carbocycles. The molecule has 112 valence electrons. The summed E-state index contributed by atoms with van der Waals surface area (Å²) >= 11 is 1.39. The van der Waals surface area contributed by atoms with Crippen molar-refractivity contribution < 1.29 is 4.79 Å². The Bertz CT molecular complexity index is 585. The third kappa shape index (κ3) is 4.27. The van der Waals surface area contributed by atoms with E-state index in [9.17, 15) is 4.79 Å². The summed E-state index contributed by atoms with van der Waals surface area (Å²) in [5, 5.41) is 15.4. The first kappa shape index (κ1) is 15.5. The molecule has 0 radical (unpaired) electrons. The fraction of sp³-hybridized carbons (Fsp3) is 0.385. The van der Waals surface area contributed by atoms with Crippen LogP contribution in [0.15, 0.2) is 35.5 Å². The molecule has 1 heterocycles. The lowest BCUT2D eigenvalue weighted by Gasteiger charge is -2.17. The van der Waals surface area contributed by atoms with E-state index in [1.54, 1.807) is 4.68 Å². The Morgan fingerprint density at radius 3 is 2.71 bits per heavy atom. The molecule has 1 atom stereocenters. The molecule has 0 spiro atoms. The summed E-state index contributed by atoms with van der Waals surface area (Å²) in [6, 6.07) is 9.34. The van der Waals surface area contributed by atoms with Gasteiger partial charge >= 0.3 is 0 Å². The monoisotopic (exact) mass is 306 g/mol. The van der Waals surface area contributed by atoms with Gasteiger partial charge in [0.1, 0.15) is 0 Å². The lowest BCUT2D eigenvalue weighted by Crippen LogP contribution is -2.46. The number of primary amides is 1. The lowest BCUT2D eigenvalue weighted by atomic mass is 10.3. The van der Waals surface area contributed by atoms with Crippen LogP contribution in [-0.4, -0.2) is 44.0 Å². The van der Waals surface area contributed by atoms with Crippen molar-refractivity contribution in [3.8, 4) is 5.69 Å². The molecule has 21 heavy (non-hydrogen) atoms. The molecule has 2 rings (SSSR count). The number of aromatic nitrogens is 4. The molecule has 1 amide bonds. The van der Waals surface area contributed by atoms with Gasteiger partial charge in [0.25, 0.3) is 0 Å². The third-order valence-corrected chi connectivity index (χ3v) is 3.71. The number of tetrazole rings is 1. The van der Waals surface area contributed by atoms with Gasteiger partial charge in [0, 0.05) is 11.8 Å². The van der Waals surface area contributed by atoms with E-state index < -0.39 is 6.04 Å². The summed E-state index contributed by atoms with van der Waals surface area (Å²) in [5.74, 6) is 0.0932. The predicted octanol–water partition coefficient (Wildman–Crippen LogP) is 0.606. The number of carbonyl (C=O) groups excluding carboxylic acids is 1. The normalized spacial score (nSPS) is 12.5. The zero-order valence-corrected chi connectivity index (χ0v) is 12.7. The van der Waals surface area contributed by atoms with Crippen molar-refractivity contribution in [2.24, 2.45) is 5.73 Å². The molecular weight excluding hydrogens is 288 g/mol. The minimum absolute atomic E-state index is 0.174. The Balaban J connectivity index is 2.07. The second kappa shape index (κ2) is 7.19. The van der Waals surface area contributed by atoms with Crippen molar-refractivity contribution in [1.82, 2.24) is 25.5 Å². The van der Waals surface area contributed by atoms with Gasteiger partial charge in [-0.3, -0.25) is 4.79 Å². The quantitative estimate of drug-likeness (QED) is 0.727. The number of benzene rings is 1. The highest BCUT2D eigenvalue weighted by Crippen LogP contribution is 2.18. The van der Waals surface area contributed by atoms with Crippen LogP contribution >= 0.6 is 11.8 Å². The lowest BCUT2D eigenvalue weighted by molar-refractivity contribution is -0.119. The molecule has 0 aliphatic rings. The highest BCUT2D eigenvalue weighted by molar-refractivity contribution is 7.99.